The van der Waals surface area contributed by atoms with E-state index in [1.54, 1.807) is 11.8 Å². The average Bonchev–Trinajstić information content (AvgIpc) is 2.36. The number of carbonyl (C=O) groups excluding carboxylic acids is 1. The molecule has 2 N–H and O–H groups in total. The summed E-state index contributed by atoms with van der Waals surface area (Å²) in [5.74, 6) is -0.698. The standard InChI is InChI=1S/C13H16FN3O3S/c1-13(2)7-16(5-6-21-13)12(18)10-8(14)3-4-9(11(10)15)17(19)20/h3-4H,5-7,15H2,1-2H3. The van der Waals surface area contributed by atoms with Crippen LogP contribution in [-0.4, -0.2) is 39.3 Å². The fraction of sp³-hybridized carbons (Fsp3) is 0.462. The zero-order valence-corrected chi connectivity index (χ0v) is 12.6. The predicted octanol–water partition coefficient (Wildman–Crippen LogP) is 2.28. The van der Waals surface area contributed by atoms with Crippen molar-refractivity contribution in [2.45, 2.75) is 18.6 Å². The van der Waals surface area contributed by atoms with Crippen molar-refractivity contribution in [3.8, 4) is 0 Å². The van der Waals surface area contributed by atoms with Gasteiger partial charge in [-0.05, 0) is 19.9 Å². The van der Waals surface area contributed by atoms with E-state index in [4.69, 9.17) is 5.73 Å². The summed E-state index contributed by atoms with van der Waals surface area (Å²) >= 11 is 1.73. The van der Waals surface area contributed by atoms with E-state index in [0.29, 0.717) is 13.1 Å². The van der Waals surface area contributed by atoms with E-state index >= 15 is 0 Å². The molecule has 114 valence electrons. The Bertz CT molecular complexity index is 607. The molecule has 1 aliphatic heterocycles. The molecule has 0 unspecified atom stereocenters. The fourth-order valence-electron chi connectivity index (χ4n) is 2.31. The van der Waals surface area contributed by atoms with E-state index in [2.05, 4.69) is 0 Å². The van der Waals surface area contributed by atoms with Gasteiger partial charge in [-0.2, -0.15) is 11.8 Å². The fourth-order valence-corrected chi connectivity index (χ4v) is 3.42. The van der Waals surface area contributed by atoms with Crippen molar-refractivity contribution in [1.82, 2.24) is 4.90 Å². The molecule has 1 aromatic rings. The quantitative estimate of drug-likeness (QED) is 0.514. The molecular formula is C13H16FN3O3S. The lowest BCUT2D eigenvalue weighted by molar-refractivity contribution is -0.384. The first-order valence-electron chi connectivity index (χ1n) is 6.38. The molecule has 1 saturated heterocycles. The number of hydrogen-bond donors (Lipinski definition) is 1. The number of benzene rings is 1. The van der Waals surface area contributed by atoms with Gasteiger partial charge in [-0.3, -0.25) is 14.9 Å². The largest absolute Gasteiger partial charge is 0.392 e. The summed E-state index contributed by atoms with van der Waals surface area (Å²) in [6.45, 7) is 4.89. The summed E-state index contributed by atoms with van der Waals surface area (Å²) < 4.78 is 13.8. The molecule has 8 heteroatoms. The smallest absolute Gasteiger partial charge is 0.293 e. The van der Waals surface area contributed by atoms with Gasteiger partial charge in [0.1, 0.15) is 17.1 Å². The van der Waals surface area contributed by atoms with Crippen molar-refractivity contribution in [2.75, 3.05) is 24.6 Å². The van der Waals surface area contributed by atoms with Crippen LogP contribution >= 0.6 is 11.8 Å². The van der Waals surface area contributed by atoms with Gasteiger partial charge in [0.15, 0.2) is 0 Å². The molecule has 0 radical (unpaired) electrons. The highest BCUT2D eigenvalue weighted by Gasteiger charge is 2.33. The lowest BCUT2D eigenvalue weighted by Crippen LogP contribution is -2.46. The van der Waals surface area contributed by atoms with Gasteiger partial charge in [-0.1, -0.05) is 0 Å². The zero-order chi connectivity index (χ0) is 15.8. The third-order valence-corrected chi connectivity index (χ3v) is 4.59. The number of nitro benzene ring substituents is 1. The summed E-state index contributed by atoms with van der Waals surface area (Å²) in [5, 5.41) is 10.9. The van der Waals surface area contributed by atoms with Crippen molar-refractivity contribution in [3.05, 3.63) is 33.6 Å². The monoisotopic (exact) mass is 313 g/mol. The van der Waals surface area contributed by atoms with Crippen LogP contribution in [0.3, 0.4) is 0 Å². The molecule has 1 fully saturated rings. The summed E-state index contributed by atoms with van der Waals surface area (Å²) in [6.07, 6.45) is 0. The van der Waals surface area contributed by atoms with Crippen molar-refractivity contribution in [2.24, 2.45) is 0 Å². The Balaban J connectivity index is 2.39. The van der Waals surface area contributed by atoms with Crippen LogP contribution in [-0.2, 0) is 0 Å². The van der Waals surface area contributed by atoms with Gasteiger partial charge in [0.05, 0.1) is 4.92 Å². The topological polar surface area (TPSA) is 89.5 Å². The molecule has 1 aromatic carbocycles. The number of hydrogen-bond acceptors (Lipinski definition) is 5. The maximum absolute atomic E-state index is 13.9. The average molecular weight is 313 g/mol. The van der Waals surface area contributed by atoms with E-state index < -0.39 is 33.6 Å². The maximum atomic E-state index is 13.9. The molecule has 0 bridgehead atoms. The Morgan fingerprint density at radius 1 is 1.52 bits per heavy atom. The van der Waals surface area contributed by atoms with E-state index in [0.717, 1.165) is 17.9 Å². The number of thioether (sulfide) groups is 1. The van der Waals surface area contributed by atoms with Crippen LogP contribution in [0.2, 0.25) is 0 Å². The highest BCUT2D eigenvalue weighted by Crippen LogP contribution is 2.33. The van der Waals surface area contributed by atoms with Crippen LogP contribution in [0.1, 0.15) is 24.2 Å². The maximum Gasteiger partial charge on any atom is 0.293 e. The minimum Gasteiger partial charge on any atom is -0.392 e. The second-order valence-corrected chi connectivity index (χ2v) is 7.25. The zero-order valence-electron chi connectivity index (χ0n) is 11.8. The van der Waals surface area contributed by atoms with Gasteiger partial charge in [0.25, 0.3) is 11.6 Å². The Morgan fingerprint density at radius 3 is 2.76 bits per heavy atom. The summed E-state index contributed by atoms with van der Waals surface area (Å²) in [6, 6.07) is 1.88. The molecule has 6 nitrogen and oxygen atoms in total. The Labute approximate surface area is 125 Å². The van der Waals surface area contributed by atoms with Crippen LogP contribution in [0.15, 0.2) is 12.1 Å². The molecule has 1 heterocycles. The van der Waals surface area contributed by atoms with Crippen molar-refractivity contribution in [1.29, 1.82) is 0 Å². The number of nitrogens with two attached hydrogens (primary N) is 1. The molecular weight excluding hydrogens is 297 g/mol. The van der Waals surface area contributed by atoms with Crippen LogP contribution in [0.4, 0.5) is 15.8 Å². The molecule has 1 aliphatic rings. The molecule has 0 aliphatic carbocycles. The normalized spacial score (nSPS) is 17.6. The summed E-state index contributed by atoms with van der Waals surface area (Å²) in [5.41, 5.74) is 4.35. The van der Waals surface area contributed by atoms with Crippen LogP contribution in [0.25, 0.3) is 0 Å². The molecule has 0 spiro atoms. The summed E-state index contributed by atoms with van der Waals surface area (Å²) in [7, 11) is 0. The molecule has 0 aromatic heterocycles. The van der Waals surface area contributed by atoms with E-state index in [-0.39, 0.29) is 4.75 Å². The minimum absolute atomic E-state index is 0.139. The van der Waals surface area contributed by atoms with E-state index in [1.807, 2.05) is 13.8 Å². The number of carbonyl (C=O) groups is 1. The summed E-state index contributed by atoms with van der Waals surface area (Å²) in [4.78, 5) is 24.1. The van der Waals surface area contributed by atoms with Crippen LogP contribution in [0, 0.1) is 15.9 Å². The lowest BCUT2D eigenvalue weighted by Gasteiger charge is -2.37. The number of amides is 1. The van der Waals surface area contributed by atoms with Gasteiger partial charge >= 0.3 is 0 Å². The van der Waals surface area contributed by atoms with Gasteiger partial charge < -0.3 is 10.6 Å². The van der Waals surface area contributed by atoms with Crippen LogP contribution < -0.4 is 5.73 Å². The van der Waals surface area contributed by atoms with Gasteiger partial charge in [-0.15, -0.1) is 0 Å². The van der Waals surface area contributed by atoms with Crippen molar-refractivity contribution >= 4 is 29.0 Å². The minimum atomic E-state index is -0.834. The molecule has 0 atom stereocenters. The molecule has 0 saturated carbocycles. The Hall–Kier alpha value is -1.83. The third kappa shape index (κ3) is 3.10. The molecule has 1 amide bonds. The number of nitrogen functional groups attached to an aromatic ring is 1. The second-order valence-electron chi connectivity index (χ2n) is 5.45. The van der Waals surface area contributed by atoms with Gasteiger partial charge in [-0.25, -0.2) is 4.39 Å². The highest BCUT2D eigenvalue weighted by molar-refractivity contribution is 8.00. The number of halogens is 1. The first-order chi connectivity index (χ1) is 9.73. The van der Waals surface area contributed by atoms with Crippen molar-refractivity contribution in [3.63, 3.8) is 0 Å². The van der Waals surface area contributed by atoms with Crippen molar-refractivity contribution < 1.29 is 14.1 Å². The molecule has 21 heavy (non-hydrogen) atoms. The Morgan fingerprint density at radius 2 is 2.19 bits per heavy atom. The van der Waals surface area contributed by atoms with Gasteiger partial charge in [0, 0.05) is 29.7 Å². The third-order valence-electron chi connectivity index (χ3n) is 3.30. The van der Waals surface area contributed by atoms with Gasteiger partial charge in [0.2, 0.25) is 0 Å². The molecule has 2 rings (SSSR count). The number of nitro groups is 1. The van der Waals surface area contributed by atoms with E-state index in [9.17, 15) is 19.3 Å². The number of nitrogens with zero attached hydrogens (tertiary/aromatic N) is 2. The second kappa shape index (κ2) is 5.51. The highest BCUT2D eigenvalue weighted by atomic mass is 32.2. The number of rotatable bonds is 2. The van der Waals surface area contributed by atoms with E-state index in [1.165, 1.54) is 4.90 Å². The lowest BCUT2D eigenvalue weighted by atomic mass is 10.1. The first-order valence-corrected chi connectivity index (χ1v) is 7.37. The Kier molecular flexibility index (Phi) is 4.08. The SMILES string of the molecule is CC1(C)CN(C(=O)c2c(F)ccc([N+](=O)[O-])c2N)CCS1. The number of anilines is 1. The van der Waals surface area contributed by atoms with Crippen LogP contribution in [0.5, 0.6) is 0 Å². The predicted molar refractivity (Wildman–Crippen MR) is 79.9 cm³/mol. The first kappa shape index (κ1) is 15.6.